The number of para-hydroxylation sites is 2. The Morgan fingerprint density at radius 1 is 0.453 bits per heavy atom. The van der Waals surface area contributed by atoms with E-state index in [2.05, 4.69) is 53.8 Å². The minimum absolute atomic E-state index is 0.338. The van der Waals surface area contributed by atoms with Crippen molar-refractivity contribution < 1.29 is 13.6 Å². The van der Waals surface area contributed by atoms with Gasteiger partial charge in [0.05, 0.1) is 11.1 Å². The van der Waals surface area contributed by atoms with E-state index in [1.807, 2.05) is 109 Å². The van der Waals surface area contributed by atoms with Crippen molar-refractivity contribution in [2.45, 2.75) is 6.23 Å². The predicted molar refractivity (Wildman–Crippen MR) is 210 cm³/mol. The molecule has 0 spiro atoms. The van der Waals surface area contributed by atoms with Crippen molar-refractivity contribution in [2.75, 3.05) is 5.32 Å². The second-order valence-corrected chi connectivity index (χ2v) is 13.2. The van der Waals surface area contributed by atoms with Crippen LogP contribution in [-0.4, -0.2) is 15.0 Å². The molecular weight excluding hydrogens is 657 g/mol. The molecule has 3 aromatic heterocycles. The molecule has 53 heavy (non-hydrogen) atoms. The van der Waals surface area contributed by atoms with E-state index in [0.717, 1.165) is 88.7 Å². The lowest BCUT2D eigenvalue weighted by Gasteiger charge is -2.13. The molecule has 0 fully saturated rings. The lowest BCUT2D eigenvalue weighted by Crippen LogP contribution is -2.09. The number of anilines is 1. The van der Waals surface area contributed by atoms with Crippen molar-refractivity contribution in [1.82, 2.24) is 15.0 Å². The summed E-state index contributed by atoms with van der Waals surface area (Å²) in [5.74, 6) is 2.46. The molecule has 0 radical (unpaired) electrons. The van der Waals surface area contributed by atoms with Crippen LogP contribution in [0, 0.1) is 0 Å². The second kappa shape index (κ2) is 11.6. The summed E-state index contributed by atoms with van der Waals surface area (Å²) in [5, 5.41) is 7.53. The summed E-state index contributed by atoms with van der Waals surface area (Å²) < 4.78 is 19.6. The number of ether oxygens (including phenoxy) is 1. The van der Waals surface area contributed by atoms with Gasteiger partial charge in [-0.05, 0) is 29.8 Å². The van der Waals surface area contributed by atoms with Crippen LogP contribution < -0.4 is 10.1 Å². The Balaban J connectivity index is 1.15. The Morgan fingerprint density at radius 3 is 1.83 bits per heavy atom. The summed E-state index contributed by atoms with van der Waals surface area (Å²) in [6, 6.07) is 52.8. The Bertz CT molecular complexity index is 3020. The zero-order chi connectivity index (χ0) is 34.9. The molecule has 4 heterocycles. The van der Waals surface area contributed by atoms with Gasteiger partial charge >= 0.3 is 0 Å². The minimum atomic E-state index is -0.338. The Labute approximate surface area is 303 Å². The molecule has 250 valence electrons. The highest BCUT2D eigenvalue weighted by Crippen LogP contribution is 2.51. The highest BCUT2D eigenvalue weighted by atomic mass is 16.5. The van der Waals surface area contributed by atoms with E-state index in [1.165, 1.54) is 0 Å². The number of benzene rings is 7. The fourth-order valence-corrected chi connectivity index (χ4v) is 7.58. The smallest absolute Gasteiger partial charge is 0.196 e. The summed E-state index contributed by atoms with van der Waals surface area (Å²) in [6.45, 7) is 0. The van der Waals surface area contributed by atoms with Gasteiger partial charge in [0.1, 0.15) is 22.3 Å². The van der Waals surface area contributed by atoms with E-state index >= 15 is 0 Å². The number of furan rings is 2. The lowest BCUT2D eigenvalue weighted by atomic mass is 9.96. The molecule has 1 aliphatic rings. The first-order valence-corrected chi connectivity index (χ1v) is 17.6. The maximum atomic E-state index is 6.69. The van der Waals surface area contributed by atoms with Gasteiger partial charge in [-0.15, -0.1) is 0 Å². The van der Waals surface area contributed by atoms with Crippen molar-refractivity contribution in [3.8, 4) is 51.0 Å². The number of nitrogens with zero attached hydrogens (tertiary/aromatic N) is 3. The van der Waals surface area contributed by atoms with Gasteiger partial charge in [0.15, 0.2) is 29.5 Å². The average Bonchev–Trinajstić information content (AvgIpc) is 3.94. The number of aromatic nitrogens is 3. The zero-order valence-electron chi connectivity index (χ0n) is 28.2. The summed E-state index contributed by atoms with van der Waals surface area (Å²) in [6.07, 6.45) is -0.338. The van der Waals surface area contributed by atoms with Crippen LogP contribution in [0.15, 0.2) is 167 Å². The Morgan fingerprint density at radius 2 is 1.04 bits per heavy atom. The van der Waals surface area contributed by atoms with Crippen molar-refractivity contribution in [3.05, 3.63) is 163 Å². The number of nitrogens with one attached hydrogen (secondary N) is 1. The summed E-state index contributed by atoms with van der Waals surface area (Å²) in [4.78, 5) is 15.5. The van der Waals surface area contributed by atoms with Gasteiger partial charge in [0.2, 0.25) is 0 Å². The quantitative estimate of drug-likeness (QED) is 0.193. The van der Waals surface area contributed by atoms with E-state index < -0.39 is 0 Å². The molecule has 7 aromatic carbocycles. The van der Waals surface area contributed by atoms with E-state index in [1.54, 1.807) is 0 Å². The number of hydrogen-bond acceptors (Lipinski definition) is 7. The van der Waals surface area contributed by atoms with Gasteiger partial charge in [-0.1, -0.05) is 133 Å². The molecule has 10 aromatic rings. The third-order valence-electron chi connectivity index (χ3n) is 9.99. The van der Waals surface area contributed by atoms with Gasteiger partial charge in [-0.25, -0.2) is 15.0 Å². The van der Waals surface area contributed by atoms with Gasteiger partial charge in [-0.2, -0.15) is 0 Å². The highest BCUT2D eigenvalue weighted by Gasteiger charge is 2.31. The first kappa shape index (κ1) is 29.5. The standard InChI is InChI=1S/C46H28N4O3/c1-3-14-27(15-4-1)43-48-44(50-45(49-43)33-22-13-25-38-39(33)31-20-9-11-23-36(31)51-38)30-19-8-7-18-29(30)34-26-35-42(53-46(47-35)28-16-5-2-6-17-28)40-32-21-10-12-24-37(32)52-41(34)40/h1-26,46-47H. The second-order valence-electron chi connectivity index (χ2n) is 13.2. The number of hydrogen-bond donors (Lipinski definition) is 1. The van der Waals surface area contributed by atoms with E-state index in [4.69, 9.17) is 28.5 Å². The largest absolute Gasteiger partial charge is 0.464 e. The van der Waals surface area contributed by atoms with Crippen LogP contribution in [0.25, 0.3) is 89.2 Å². The monoisotopic (exact) mass is 684 g/mol. The van der Waals surface area contributed by atoms with E-state index in [0.29, 0.717) is 17.5 Å². The van der Waals surface area contributed by atoms with E-state index in [-0.39, 0.29) is 6.23 Å². The number of rotatable bonds is 5. The third-order valence-corrected chi connectivity index (χ3v) is 9.99. The molecule has 1 N–H and O–H groups in total. The molecular formula is C46H28N4O3. The Kier molecular flexibility index (Phi) is 6.48. The SMILES string of the molecule is c1ccc(-c2nc(-c3ccccc3-c3cc4c(c5c3oc3ccccc35)OC(c3ccccc3)N4)nc(-c3cccc4oc5ccccc5c34)n2)cc1. The highest BCUT2D eigenvalue weighted by molar-refractivity contribution is 6.16. The van der Waals surface area contributed by atoms with Crippen molar-refractivity contribution in [2.24, 2.45) is 0 Å². The summed E-state index contributed by atoms with van der Waals surface area (Å²) in [5.41, 5.74) is 9.49. The topological polar surface area (TPSA) is 86.2 Å². The molecule has 1 atom stereocenters. The third kappa shape index (κ3) is 4.71. The molecule has 0 aliphatic carbocycles. The maximum absolute atomic E-state index is 6.69. The van der Waals surface area contributed by atoms with Gasteiger partial charge < -0.3 is 18.9 Å². The van der Waals surface area contributed by atoms with Crippen molar-refractivity contribution in [1.29, 1.82) is 0 Å². The van der Waals surface area contributed by atoms with E-state index in [9.17, 15) is 0 Å². The van der Waals surface area contributed by atoms with Crippen LogP contribution in [0.2, 0.25) is 0 Å². The van der Waals surface area contributed by atoms with Crippen LogP contribution in [-0.2, 0) is 0 Å². The van der Waals surface area contributed by atoms with Gasteiger partial charge in [0.25, 0.3) is 0 Å². The Hall–Kier alpha value is -7.25. The molecule has 1 aliphatic heterocycles. The first-order valence-electron chi connectivity index (χ1n) is 17.6. The normalized spacial score (nSPS) is 13.8. The van der Waals surface area contributed by atoms with Crippen molar-refractivity contribution >= 4 is 49.6 Å². The molecule has 0 amide bonds. The fourth-order valence-electron chi connectivity index (χ4n) is 7.58. The van der Waals surface area contributed by atoms with Crippen LogP contribution >= 0.6 is 0 Å². The van der Waals surface area contributed by atoms with Crippen LogP contribution in [0.4, 0.5) is 5.69 Å². The molecule has 11 rings (SSSR count). The average molecular weight is 685 g/mol. The van der Waals surface area contributed by atoms with Crippen molar-refractivity contribution in [3.63, 3.8) is 0 Å². The molecule has 7 nitrogen and oxygen atoms in total. The predicted octanol–water partition coefficient (Wildman–Crippen LogP) is 11.8. The summed E-state index contributed by atoms with van der Waals surface area (Å²) >= 11 is 0. The van der Waals surface area contributed by atoms with Gasteiger partial charge in [0, 0.05) is 44.0 Å². The van der Waals surface area contributed by atoms with Crippen LogP contribution in [0.3, 0.4) is 0 Å². The summed E-state index contributed by atoms with van der Waals surface area (Å²) in [7, 11) is 0. The molecule has 0 saturated heterocycles. The molecule has 0 bridgehead atoms. The maximum Gasteiger partial charge on any atom is 0.196 e. The van der Waals surface area contributed by atoms with Crippen LogP contribution in [0.5, 0.6) is 5.75 Å². The molecule has 0 saturated carbocycles. The molecule has 7 heteroatoms. The zero-order valence-corrected chi connectivity index (χ0v) is 28.2. The van der Waals surface area contributed by atoms with Crippen LogP contribution in [0.1, 0.15) is 11.8 Å². The first-order chi connectivity index (χ1) is 26.3. The number of fused-ring (bicyclic) bond motifs is 8. The molecule has 1 unspecified atom stereocenters. The lowest BCUT2D eigenvalue weighted by molar-refractivity contribution is 0.263. The fraction of sp³-hybridized carbons (Fsp3) is 0.0217. The minimum Gasteiger partial charge on any atom is -0.464 e. The van der Waals surface area contributed by atoms with Gasteiger partial charge in [-0.3, -0.25) is 0 Å².